The molecule has 0 bridgehead atoms. The highest BCUT2D eigenvalue weighted by Crippen LogP contribution is 2.23. The van der Waals surface area contributed by atoms with Crippen LogP contribution in [0.4, 0.5) is 0 Å². The molecule has 1 amide bonds. The van der Waals surface area contributed by atoms with E-state index in [-0.39, 0.29) is 12.0 Å². The van der Waals surface area contributed by atoms with Gasteiger partial charge >= 0.3 is 0 Å². The van der Waals surface area contributed by atoms with Crippen molar-refractivity contribution in [3.63, 3.8) is 0 Å². The Morgan fingerprint density at radius 1 is 1.38 bits per heavy atom. The van der Waals surface area contributed by atoms with Crippen molar-refractivity contribution in [3.05, 3.63) is 22.6 Å². The molecule has 0 saturated carbocycles. The van der Waals surface area contributed by atoms with E-state index < -0.39 is 0 Å². The van der Waals surface area contributed by atoms with Crippen LogP contribution in [0.5, 0.6) is 0 Å². The van der Waals surface area contributed by atoms with Crippen LogP contribution in [0.15, 0.2) is 4.42 Å². The molecule has 1 saturated heterocycles. The number of carbonyl (C=O) groups excluding carboxylic acids is 1. The molecule has 0 aromatic carbocycles. The van der Waals surface area contributed by atoms with Gasteiger partial charge in [-0.15, -0.1) is 0 Å². The van der Waals surface area contributed by atoms with Crippen molar-refractivity contribution in [1.29, 1.82) is 0 Å². The second-order valence-corrected chi connectivity index (χ2v) is 4.41. The van der Waals surface area contributed by atoms with Crippen LogP contribution in [-0.2, 0) is 0 Å². The van der Waals surface area contributed by atoms with Crippen LogP contribution in [0.2, 0.25) is 0 Å². The van der Waals surface area contributed by atoms with E-state index in [1.165, 1.54) is 0 Å². The van der Waals surface area contributed by atoms with Crippen molar-refractivity contribution in [2.75, 3.05) is 13.1 Å². The maximum absolute atomic E-state index is 12.2. The lowest BCUT2D eigenvalue weighted by Gasteiger charge is -2.15. The summed E-state index contributed by atoms with van der Waals surface area (Å²) in [6.45, 7) is 6.62. The molecule has 2 rings (SSSR count). The highest BCUT2D eigenvalue weighted by molar-refractivity contribution is 5.97. The Labute approximate surface area is 94.9 Å². The number of β-amino-alcohol motifs (C(OH)–C–C–N with tert-alkyl or cyclic N) is 1. The van der Waals surface area contributed by atoms with Crippen LogP contribution in [0.3, 0.4) is 0 Å². The van der Waals surface area contributed by atoms with Crippen LogP contribution in [-0.4, -0.2) is 35.1 Å². The number of amides is 1. The summed E-state index contributed by atoms with van der Waals surface area (Å²) in [6, 6.07) is 0. The van der Waals surface area contributed by atoms with Gasteiger partial charge in [-0.25, -0.2) is 0 Å². The molecule has 88 valence electrons. The van der Waals surface area contributed by atoms with Gasteiger partial charge in [0.2, 0.25) is 0 Å². The smallest absolute Gasteiger partial charge is 0.257 e. The SMILES string of the molecule is Cc1oc(C)c(C(=O)N2CC[C@@H](O)C2)c1C. The predicted molar refractivity (Wildman–Crippen MR) is 59.4 cm³/mol. The zero-order valence-electron chi connectivity index (χ0n) is 9.91. The molecule has 2 heterocycles. The lowest BCUT2D eigenvalue weighted by molar-refractivity contribution is 0.0762. The second kappa shape index (κ2) is 3.94. The highest BCUT2D eigenvalue weighted by atomic mass is 16.3. The standard InChI is InChI=1S/C12H17NO3/c1-7-8(2)16-9(3)11(7)12(15)13-5-4-10(14)6-13/h10,14H,4-6H2,1-3H3/t10-/m1/s1. The molecule has 0 radical (unpaired) electrons. The van der Waals surface area contributed by atoms with Crippen molar-refractivity contribution in [2.45, 2.75) is 33.3 Å². The Balaban J connectivity index is 2.27. The maximum Gasteiger partial charge on any atom is 0.257 e. The van der Waals surface area contributed by atoms with Crippen molar-refractivity contribution in [3.8, 4) is 0 Å². The largest absolute Gasteiger partial charge is 0.466 e. The summed E-state index contributed by atoms with van der Waals surface area (Å²) in [5, 5.41) is 9.42. The van der Waals surface area contributed by atoms with Gasteiger partial charge in [0, 0.05) is 18.7 Å². The van der Waals surface area contributed by atoms with E-state index in [9.17, 15) is 9.90 Å². The molecular formula is C12H17NO3. The minimum atomic E-state index is -0.377. The number of furan rings is 1. The Kier molecular flexibility index (Phi) is 2.76. The fourth-order valence-corrected chi connectivity index (χ4v) is 2.19. The molecule has 0 spiro atoms. The van der Waals surface area contributed by atoms with Crippen LogP contribution in [0, 0.1) is 20.8 Å². The third-order valence-corrected chi connectivity index (χ3v) is 3.23. The molecular weight excluding hydrogens is 206 g/mol. The number of rotatable bonds is 1. The van der Waals surface area contributed by atoms with Gasteiger partial charge in [-0.05, 0) is 27.2 Å². The van der Waals surface area contributed by atoms with Gasteiger partial charge in [-0.3, -0.25) is 4.79 Å². The number of aliphatic hydroxyl groups is 1. The molecule has 0 aliphatic carbocycles. The Morgan fingerprint density at radius 3 is 2.50 bits per heavy atom. The summed E-state index contributed by atoms with van der Waals surface area (Å²) in [5.41, 5.74) is 1.57. The number of nitrogens with zero attached hydrogens (tertiary/aromatic N) is 1. The lowest BCUT2D eigenvalue weighted by Crippen LogP contribution is -2.30. The van der Waals surface area contributed by atoms with Crippen LogP contribution < -0.4 is 0 Å². The molecule has 16 heavy (non-hydrogen) atoms. The zero-order chi connectivity index (χ0) is 11.9. The molecule has 1 aliphatic heterocycles. The fraction of sp³-hybridized carbons (Fsp3) is 0.583. The molecule has 1 aliphatic rings. The van der Waals surface area contributed by atoms with E-state index in [2.05, 4.69) is 0 Å². The topological polar surface area (TPSA) is 53.7 Å². The maximum atomic E-state index is 12.2. The Hall–Kier alpha value is -1.29. The number of carbonyl (C=O) groups is 1. The monoisotopic (exact) mass is 223 g/mol. The van der Waals surface area contributed by atoms with Crippen LogP contribution in [0.1, 0.15) is 33.9 Å². The normalized spacial score (nSPS) is 20.5. The summed E-state index contributed by atoms with van der Waals surface area (Å²) < 4.78 is 5.44. The molecule has 1 fully saturated rings. The van der Waals surface area contributed by atoms with Crippen LogP contribution >= 0.6 is 0 Å². The first-order valence-electron chi connectivity index (χ1n) is 5.54. The van der Waals surface area contributed by atoms with Gasteiger partial charge in [-0.2, -0.15) is 0 Å². The van der Waals surface area contributed by atoms with Crippen molar-refractivity contribution in [2.24, 2.45) is 0 Å². The van der Waals surface area contributed by atoms with Gasteiger partial charge in [-0.1, -0.05) is 0 Å². The van der Waals surface area contributed by atoms with E-state index >= 15 is 0 Å². The average Bonchev–Trinajstić information content (AvgIpc) is 2.73. The third-order valence-electron chi connectivity index (χ3n) is 3.23. The van der Waals surface area contributed by atoms with E-state index in [0.29, 0.717) is 30.8 Å². The zero-order valence-corrected chi connectivity index (χ0v) is 9.91. The highest BCUT2D eigenvalue weighted by Gasteiger charge is 2.29. The van der Waals surface area contributed by atoms with Crippen molar-refractivity contribution in [1.82, 2.24) is 4.90 Å². The molecule has 4 nitrogen and oxygen atoms in total. The number of aliphatic hydroxyl groups excluding tert-OH is 1. The van der Waals surface area contributed by atoms with Gasteiger partial charge in [0.1, 0.15) is 11.5 Å². The Morgan fingerprint density at radius 2 is 2.06 bits per heavy atom. The fourth-order valence-electron chi connectivity index (χ4n) is 2.19. The first kappa shape index (κ1) is 11.2. The molecule has 0 unspecified atom stereocenters. The molecule has 1 aromatic heterocycles. The van der Waals surface area contributed by atoms with E-state index in [4.69, 9.17) is 4.42 Å². The quantitative estimate of drug-likeness (QED) is 0.783. The molecule has 4 heteroatoms. The average molecular weight is 223 g/mol. The van der Waals surface area contributed by atoms with Crippen molar-refractivity contribution >= 4 is 5.91 Å². The molecule has 1 aromatic rings. The number of hydrogen-bond acceptors (Lipinski definition) is 3. The Bertz CT molecular complexity index is 422. The minimum Gasteiger partial charge on any atom is -0.466 e. The minimum absolute atomic E-state index is 0.0246. The first-order valence-corrected chi connectivity index (χ1v) is 5.54. The van der Waals surface area contributed by atoms with Crippen molar-refractivity contribution < 1.29 is 14.3 Å². The van der Waals surface area contributed by atoms with E-state index in [1.54, 1.807) is 11.8 Å². The van der Waals surface area contributed by atoms with E-state index in [1.807, 2.05) is 13.8 Å². The molecule has 1 N–H and O–H groups in total. The third kappa shape index (κ3) is 1.73. The van der Waals surface area contributed by atoms with Gasteiger partial charge < -0.3 is 14.4 Å². The number of likely N-dealkylation sites (tertiary alicyclic amines) is 1. The lowest BCUT2D eigenvalue weighted by atomic mass is 10.1. The van der Waals surface area contributed by atoms with E-state index in [0.717, 1.165) is 11.3 Å². The van der Waals surface area contributed by atoms with Gasteiger partial charge in [0.05, 0.1) is 11.7 Å². The second-order valence-electron chi connectivity index (χ2n) is 4.41. The van der Waals surface area contributed by atoms with Crippen LogP contribution in [0.25, 0.3) is 0 Å². The van der Waals surface area contributed by atoms with Gasteiger partial charge in [0.25, 0.3) is 5.91 Å². The summed E-state index contributed by atoms with van der Waals surface area (Å²) >= 11 is 0. The summed E-state index contributed by atoms with van der Waals surface area (Å²) in [5.74, 6) is 1.44. The summed E-state index contributed by atoms with van der Waals surface area (Å²) in [6.07, 6.45) is 0.290. The number of aryl methyl sites for hydroxylation is 2. The predicted octanol–water partition coefficient (Wildman–Crippen LogP) is 1.41. The first-order chi connectivity index (χ1) is 7.50. The summed E-state index contributed by atoms with van der Waals surface area (Å²) in [7, 11) is 0. The summed E-state index contributed by atoms with van der Waals surface area (Å²) in [4.78, 5) is 13.9. The number of hydrogen-bond donors (Lipinski definition) is 1. The molecule has 1 atom stereocenters. The van der Waals surface area contributed by atoms with Gasteiger partial charge in [0.15, 0.2) is 0 Å².